The predicted octanol–water partition coefficient (Wildman–Crippen LogP) is 3.55. The molecule has 0 unspecified atom stereocenters. The molecule has 1 aliphatic rings. The van der Waals surface area contributed by atoms with Gasteiger partial charge in [0.25, 0.3) is 0 Å². The molecular weight excluding hydrogens is 320 g/mol. The van der Waals surface area contributed by atoms with Crippen LogP contribution in [-0.2, 0) is 16.1 Å². The third kappa shape index (κ3) is 4.51. The second-order valence-electron chi connectivity index (χ2n) is 6.03. The molecule has 0 saturated carbocycles. The summed E-state index contributed by atoms with van der Waals surface area (Å²) < 4.78 is 0. The molecule has 1 heterocycles. The van der Waals surface area contributed by atoms with Crippen molar-refractivity contribution in [2.75, 3.05) is 6.54 Å². The molecule has 4 nitrogen and oxygen atoms in total. The summed E-state index contributed by atoms with van der Waals surface area (Å²) in [4.78, 5) is 25.9. The molecule has 2 amide bonds. The van der Waals surface area contributed by atoms with Crippen LogP contribution in [0.2, 0.25) is 0 Å². The van der Waals surface area contributed by atoms with E-state index in [0.717, 1.165) is 30.4 Å². The fourth-order valence-electron chi connectivity index (χ4n) is 2.84. The van der Waals surface area contributed by atoms with Crippen LogP contribution < -0.4 is 5.32 Å². The van der Waals surface area contributed by atoms with Crippen molar-refractivity contribution < 1.29 is 9.59 Å². The van der Waals surface area contributed by atoms with Crippen LogP contribution in [0.5, 0.6) is 0 Å². The molecule has 1 atom stereocenters. The molecule has 0 aliphatic carbocycles. The Labute approximate surface area is 148 Å². The Hall–Kier alpha value is -2.01. The van der Waals surface area contributed by atoms with Crippen molar-refractivity contribution in [1.29, 1.82) is 0 Å². The molecule has 1 aromatic rings. The molecule has 1 fully saturated rings. The first-order valence-electron chi connectivity index (χ1n) is 8.10. The lowest BCUT2D eigenvalue weighted by molar-refractivity contribution is -0.131. The molecule has 24 heavy (non-hydrogen) atoms. The van der Waals surface area contributed by atoms with Gasteiger partial charge >= 0.3 is 0 Å². The van der Waals surface area contributed by atoms with Crippen LogP contribution in [-0.4, -0.2) is 29.8 Å². The minimum absolute atomic E-state index is 0.0733. The fourth-order valence-corrected chi connectivity index (χ4v) is 3.51. The Kier molecular flexibility index (Phi) is 6.67. The van der Waals surface area contributed by atoms with Gasteiger partial charge in [0.2, 0.25) is 12.3 Å². The molecule has 128 valence electrons. The van der Waals surface area contributed by atoms with E-state index in [9.17, 15) is 9.59 Å². The van der Waals surface area contributed by atoms with Crippen molar-refractivity contribution in [2.45, 2.75) is 39.3 Å². The highest BCUT2D eigenvalue weighted by Crippen LogP contribution is 2.31. The van der Waals surface area contributed by atoms with Crippen molar-refractivity contribution in [1.82, 2.24) is 10.2 Å². The van der Waals surface area contributed by atoms with Gasteiger partial charge in [0.05, 0.1) is 0 Å². The lowest BCUT2D eigenvalue weighted by Crippen LogP contribution is -2.42. The number of allylic oxidation sites excluding steroid dienone is 1. The zero-order valence-corrected chi connectivity index (χ0v) is 15.1. The van der Waals surface area contributed by atoms with Gasteiger partial charge < -0.3 is 10.2 Å². The van der Waals surface area contributed by atoms with Gasteiger partial charge in [0.1, 0.15) is 6.04 Å². The monoisotopic (exact) mass is 344 g/mol. The highest BCUT2D eigenvalue weighted by atomic mass is 32.2. The maximum Gasteiger partial charge on any atom is 0.243 e. The number of hydrogen-bond donors (Lipinski definition) is 1. The fraction of sp³-hybridized carbons (Fsp3) is 0.368. The first-order valence-corrected chi connectivity index (χ1v) is 8.98. The highest BCUT2D eigenvalue weighted by Gasteiger charge is 2.29. The number of likely N-dealkylation sites (tertiary alicyclic amines) is 1. The van der Waals surface area contributed by atoms with Crippen LogP contribution in [0, 0.1) is 0 Å². The Balaban J connectivity index is 1.97. The van der Waals surface area contributed by atoms with E-state index in [1.54, 1.807) is 16.7 Å². The summed E-state index contributed by atoms with van der Waals surface area (Å²) >= 11 is 1.62. The summed E-state index contributed by atoms with van der Waals surface area (Å²) in [5.74, 6) is -0.0733. The maximum atomic E-state index is 12.2. The number of nitrogens with zero attached hydrogens (tertiary/aromatic N) is 1. The molecule has 0 radical (unpaired) electrons. The number of hydrogen-bond acceptors (Lipinski definition) is 3. The van der Waals surface area contributed by atoms with Gasteiger partial charge in [-0.3, -0.25) is 9.59 Å². The smallest absolute Gasteiger partial charge is 0.243 e. The number of thioether (sulfide) groups is 1. The standard InChI is InChI=1S/C19H24N2O2S/c1-4-24-18(14(2)3)16-9-7-15(8-10-16)12-20-19(23)17-6-5-11-21(17)13-22/h4,7-10,13,17H,1,5-6,11-12H2,2-3H3,(H,20,23)/t17-/m0/s1. The quantitative estimate of drug-likeness (QED) is 0.770. The van der Waals surface area contributed by atoms with Gasteiger partial charge in [-0.05, 0) is 43.2 Å². The number of carbonyl (C=O) groups is 2. The highest BCUT2D eigenvalue weighted by molar-refractivity contribution is 8.10. The first kappa shape index (κ1) is 18.3. The number of carbonyl (C=O) groups excluding carboxylic acids is 2. The van der Waals surface area contributed by atoms with Crippen LogP contribution in [0.4, 0.5) is 0 Å². The van der Waals surface area contributed by atoms with Crippen LogP contribution in [0.25, 0.3) is 4.91 Å². The van der Waals surface area contributed by atoms with Crippen LogP contribution in [0.3, 0.4) is 0 Å². The van der Waals surface area contributed by atoms with Gasteiger partial charge in [-0.15, -0.1) is 0 Å². The summed E-state index contributed by atoms with van der Waals surface area (Å²) in [6, 6.07) is 7.85. The van der Waals surface area contributed by atoms with Crippen LogP contribution in [0.1, 0.15) is 37.8 Å². The summed E-state index contributed by atoms with van der Waals surface area (Å²) in [7, 11) is 0. The zero-order valence-electron chi connectivity index (χ0n) is 14.2. The van der Waals surface area contributed by atoms with E-state index >= 15 is 0 Å². The molecule has 1 saturated heterocycles. The van der Waals surface area contributed by atoms with Crippen molar-refractivity contribution in [3.63, 3.8) is 0 Å². The number of amides is 2. The van der Waals surface area contributed by atoms with E-state index in [0.29, 0.717) is 13.1 Å². The van der Waals surface area contributed by atoms with E-state index in [4.69, 9.17) is 0 Å². The van der Waals surface area contributed by atoms with E-state index in [1.165, 1.54) is 10.5 Å². The minimum Gasteiger partial charge on any atom is -0.350 e. The summed E-state index contributed by atoms with van der Waals surface area (Å²) in [6.07, 6.45) is 2.40. The third-order valence-corrected chi connectivity index (χ3v) is 5.12. The predicted molar refractivity (Wildman–Crippen MR) is 100 cm³/mol. The Morgan fingerprint density at radius 1 is 1.38 bits per heavy atom. The maximum absolute atomic E-state index is 12.2. The van der Waals surface area contributed by atoms with Crippen LogP contribution in [0.15, 0.2) is 41.8 Å². The summed E-state index contributed by atoms with van der Waals surface area (Å²) in [5.41, 5.74) is 3.44. The average Bonchev–Trinajstić information content (AvgIpc) is 3.06. The van der Waals surface area contributed by atoms with Gasteiger partial charge in [-0.1, -0.05) is 48.2 Å². The van der Waals surface area contributed by atoms with Gasteiger partial charge in [0, 0.05) is 18.0 Å². The normalized spacial score (nSPS) is 16.6. The van der Waals surface area contributed by atoms with Gasteiger partial charge in [-0.25, -0.2) is 0 Å². The SMILES string of the molecule is C=CSC(=C(C)C)c1ccc(CNC(=O)[C@@H]2CCCN2C=O)cc1. The Morgan fingerprint density at radius 3 is 2.67 bits per heavy atom. The molecule has 0 bridgehead atoms. The molecule has 0 aromatic heterocycles. The molecule has 0 spiro atoms. The lowest BCUT2D eigenvalue weighted by Gasteiger charge is -2.19. The second kappa shape index (κ2) is 8.73. The zero-order chi connectivity index (χ0) is 17.5. The second-order valence-corrected chi connectivity index (χ2v) is 7.01. The van der Waals surface area contributed by atoms with Crippen molar-refractivity contribution in [3.05, 3.63) is 53.0 Å². The van der Waals surface area contributed by atoms with Gasteiger partial charge in [-0.2, -0.15) is 0 Å². The summed E-state index contributed by atoms with van der Waals surface area (Å²) in [6.45, 7) is 9.09. The van der Waals surface area contributed by atoms with Crippen LogP contribution >= 0.6 is 11.8 Å². The van der Waals surface area contributed by atoms with Crippen molar-refractivity contribution in [2.24, 2.45) is 0 Å². The number of nitrogens with one attached hydrogen (secondary N) is 1. The largest absolute Gasteiger partial charge is 0.350 e. The van der Waals surface area contributed by atoms with Gasteiger partial charge in [0.15, 0.2) is 0 Å². The number of benzene rings is 1. The number of rotatable bonds is 7. The first-order chi connectivity index (χ1) is 11.6. The molecule has 1 aromatic carbocycles. The van der Waals surface area contributed by atoms with E-state index in [2.05, 4.69) is 37.9 Å². The average molecular weight is 344 g/mol. The minimum atomic E-state index is -0.317. The van der Waals surface area contributed by atoms with Crippen molar-refractivity contribution in [3.8, 4) is 0 Å². The van der Waals surface area contributed by atoms with Crippen molar-refractivity contribution >= 4 is 29.0 Å². The molecule has 1 aliphatic heterocycles. The third-order valence-electron chi connectivity index (χ3n) is 4.07. The lowest BCUT2D eigenvalue weighted by atomic mass is 10.1. The van der Waals surface area contributed by atoms with E-state index < -0.39 is 0 Å². The van der Waals surface area contributed by atoms with E-state index in [1.807, 2.05) is 17.5 Å². The topological polar surface area (TPSA) is 49.4 Å². The molecule has 5 heteroatoms. The van der Waals surface area contributed by atoms with E-state index in [-0.39, 0.29) is 11.9 Å². The molecule has 1 N–H and O–H groups in total. The molecular formula is C19H24N2O2S. The summed E-state index contributed by atoms with van der Waals surface area (Å²) in [5, 5.41) is 4.76. The molecule has 2 rings (SSSR count). The Morgan fingerprint density at radius 2 is 2.08 bits per heavy atom. The Bertz CT molecular complexity index is 633.